The van der Waals surface area contributed by atoms with Crippen molar-refractivity contribution >= 4 is 15.9 Å². The fourth-order valence-corrected chi connectivity index (χ4v) is 4.93. The number of nitrogens with zero attached hydrogens (tertiary/aromatic N) is 2. The number of carbonyl (C=O) groups is 1. The van der Waals surface area contributed by atoms with Gasteiger partial charge in [-0.25, -0.2) is 8.42 Å². The highest BCUT2D eigenvalue weighted by molar-refractivity contribution is 7.89. The number of rotatable bonds is 4. The Morgan fingerprint density at radius 2 is 1.53 bits per heavy atom. The first-order valence-corrected chi connectivity index (χ1v) is 10.9. The standard InChI is InChI=1S/C21H23F3N2O3S/c1-15-3-5-17(6-4-15)13-20(27)25-7-9-26(10-8-25)30(28,29)19-12-16(2)11-18(14-19)21(22,23)24/h3-6,11-12,14H,7-10,13H2,1-2H3. The van der Waals surface area contributed by atoms with E-state index in [1.807, 2.05) is 31.2 Å². The van der Waals surface area contributed by atoms with Crippen molar-refractivity contribution in [1.29, 1.82) is 0 Å². The number of hydrogen-bond acceptors (Lipinski definition) is 3. The van der Waals surface area contributed by atoms with Crippen LogP contribution in [0.5, 0.6) is 0 Å². The summed E-state index contributed by atoms with van der Waals surface area (Å²) in [5.41, 5.74) is 1.19. The third-order valence-electron chi connectivity index (χ3n) is 5.08. The van der Waals surface area contributed by atoms with Crippen LogP contribution in [0, 0.1) is 13.8 Å². The average molecular weight is 440 g/mol. The molecule has 1 heterocycles. The van der Waals surface area contributed by atoms with Crippen molar-refractivity contribution in [1.82, 2.24) is 9.21 Å². The van der Waals surface area contributed by atoms with E-state index in [2.05, 4.69) is 0 Å². The van der Waals surface area contributed by atoms with Crippen LogP contribution in [0.15, 0.2) is 47.4 Å². The van der Waals surface area contributed by atoms with Gasteiger partial charge in [0, 0.05) is 26.2 Å². The van der Waals surface area contributed by atoms with E-state index in [1.54, 1.807) is 4.90 Å². The zero-order valence-electron chi connectivity index (χ0n) is 16.7. The molecule has 0 atom stereocenters. The summed E-state index contributed by atoms with van der Waals surface area (Å²) < 4.78 is 66.1. The van der Waals surface area contributed by atoms with E-state index in [1.165, 1.54) is 13.0 Å². The molecule has 1 saturated heterocycles. The summed E-state index contributed by atoms with van der Waals surface area (Å²) in [6, 6.07) is 10.4. The van der Waals surface area contributed by atoms with Crippen LogP contribution in [0.3, 0.4) is 0 Å². The number of carbonyl (C=O) groups excluding carboxylic acids is 1. The lowest BCUT2D eigenvalue weighted by atomic mass is 10.1. The van der Waals surface area contributed by atoms with Gasteiger partial charge in [-0.1, -0.05) is 29.8 Å². The lowest BCUT2D eigenvalue weighted by molar-refractivity contribution is -0.137. The molecule has 1 aliphatic rings. The predicted octanol–water partition coefficient (Wildman–Crippen LogP) is 3.40. The molecule has 3 rings (SSSR count). The van der Waals surface area contributed by atoms with Crippen molar-refractivity contribution in [3.8, 4) is 0 Å². The van der Waals surface area contributed by atoms with Gasteiger partial charge in [-0.15, -0.1) is 0 Å². The van der Waals surface area contributed by atoms with Crippen LogP contribution in [0.1, 0.15) is 22.3 Å². The normalized spacial score (nSPS) is 16.0. The van der Waals surface area contributed by atoms with Crippen LogP contribution in [0.2, 0.25) is 0 Å². The molecule has 0 bridgehead atoms. The van der Waals surface area contributed by atoms with E-state index >= 15 is 0 Å². The Kier molecular flexibility index (Phi) is 6.24. The Morgan fingerprint density at radius 3 is 2.10 bits per heavy atom. The van der Waals surface area contributed by atoms with E-state index in [-0.39, 0.29) is 49.0 Å². The molecular weight excluding hydrogens is 417 g/mol. The minimum Gasteiger partial charge on any atom is -0.340 e. The van der Waals surface area contributed by atoms with Gasteiger partial charge in [0.05, 0.1) is 16.9 Å². The first-order valence-electron chi connectivity index (χ1n) is 9.49. The van der Waals surface area contributed by atoms with Gasteiger partial charge in [0.2, 0.25) is 15.9 Å². The van der Waals surface area contributed by atoms with E-state index in [9.17, 15) is 26.4 Å². The second kappa shape index (κ2) is 8.39. The van der Waals surface area contributed by atoms with Gasteiger partial charge in [0.25, 0.3) is 0 Å². The number of alkyl halides is 3. The fourth-order valence-electron chi connectivity index (χ4n) is 3.38. The van der Waals surface area contributed by atoms with E-state index in [4.69, 9.17) is 0 Å². The topological polar surface area (TPSA) is 57.7 Å². The summed E-state index contributed by atoms with van der Waals surface area (Å²) in [6.45, 7) is 3.85. The van der Waals surface area contributed by atoms with Crippen molar-refractivity contribution in [2.75, 3.05) is 26.2 Å². The number of aryl methyl sites for hydroxylation is 2. The van der Waals surface area contributed by atoms with Gasteiger partial charge >= 0.3 is 6.18 Å². The first kappa shape index (κ1) is 22.3. The molecule has 1 amide bonds. The van der Waals surface area contributed by atoms with Crippen molar-refractivity contribution in [3.63, 3.8) is 0 Å². The molecule has 0 spiro atoms. The van der Waals surface area contributed by atoms with Crippen molar-refractivity contribution < 1.29 is 26.4 Å². The highest BCUT2D eigenvalue weighted by Gasteiger charge is 2.35. The SMILES string of the molecule is Cc1ccc(CC(=O)N2CCN(S(=O)(=O)c3cc(C)cc(C(F)(F)F)c3)CC2)cc1. The highest BCUT2D eigenvalue weighted by Crippen LogP contribution is 2.32. The Morgan fingerprint density at radius 1 is 0.933 bits per heavy atom. The molecule has 162 valence electrons. The predicted molar refractivity (Wildman–Crippen MR) is 106 cm³/mol. The Hall–Kier alpha value is -2.39. The molecule has 2 aromatic rings. The molecular formula is C21H23F3N2O3S. The Balaban J connectivity index is 1.69. The van der Waals surface area contributed by atoms with Gasteiger partial charge in [-0.2, -0.15) is 17.5 Å². The van der Waals surface area contributed by atoms with Crippen LogP contribution in [0.4, 0.5) is 13.2 Å². The summed E-state index contributed by atoms with van der Waals surface area (Å²) in [5, 5.41) is 0. The molecule has 9 heteroatoms. The molecule has 0 unspecified atom stereocenters. The molecule has 1 fully saturated rings. The minimum absolute atomic E-state index is 0.0390. The van der Waals surface area contributed by atoms with Gasteiger partial charge in [0.1, 0.15) is 0 Å². The molecule has 2 aromatic carbocycles. The summed E-state index contributed by atoms with van der Waals surface area (Å²) >= 11 is 0. The smallest absolute Gasteiger partial charge is 0.340 e. The first-order chi connectivity index (χ1) is 14.0. The molecule has 1 aliphatic heterocycles. The zero-order chi connectivity index (χ0) is 22.1. The summed E-state index contributed by atoms with van der Waals surface area (Å²) in [6.07, 6.45) is -4.41. The lowest BCUT2D eigenvalue weighted by Crippen LogP contribution is -2.50. The molecule has 0 aromatic heterocycles. The second-order valence-corrected chi connectivity index (χ2v) is 9.42. The monoisotopic (exact) mass is 440 g/mol. The molecule has 0 radical (unpaired) electrons. The van der Waals surface area contributed by atoms with Gasteiger partial charge in [-0.05, 0) is 43.2 Å². The molecule has 0 aliphatic carbocycles. The minimum atomic E-state index is -4.63. The van der Waals surface area contributed by atoms with Gasteiger partial charge < -0.3 is 4.90 Å². The molecule has 0 saturated carbocycles. The summed E-state index contributed by atoms with van der Waals surface area (Å²) in [5.74, 6) is -0.106. The molecule has 5 nitrogen and oxygen atoms in total. The number of hydrogen-bond donors (Lipinski definition) is 0. The van der Waals surface area contributed by atoms with Crippen LogP contribution in [-0.2, 0) is 27.4 Å². The Labute approximate surface area is 174 Å². The number of sulfonamides is 1. The number of amides is 1. The van der Waals surface area contributed by atoms with Gasteiger partial charge in [0.15, 0.2) is 0 Å². The number of piperazine rings is 1. The van der Waals surface area contributed by atoms with Crippen LogP contribution < -0.4 is 0 Å². The lowest BCUT2D eigenvalue weighted by Gasteiger charge is -2.34. The third-order valence-corrected chi connectivity index (χ3v) is 6.96. The van der Waals surface area contributed by atoms with Gasteiger partial charge in [-0.3, -0.25) is 4.79 Å². The fraction of sp³-hybridized carbons (Fsp3) is 0.381. The molecule has 30 heavy (non-hydrogen) atoms. The van der Waals surface area contributed by atoms with Crippen molar-refractivity contribution in [3.05, 3.63) is 64.7 Å². The van der Waals surface area contributed by atoms with Crippen LogP contribution >= 0.6 is 0 Å². The third kappa shape index (κ3) is 5.02. The van der Waals surface area contributed by atoms with Crippen molar-refractivity contribution in [2.45, 2.75) is 31.3 Å². The van der Waals surface area contributed by atoms with E-state index < -0.39 is 21.8 Å². The van der Waals surface area contributed by atoms with Crippen LogP contribution in [-0.4, -0.2) is 49.7 Å². The average Bonchev–Trinajstić information content (AvgIpc) is 2.68. The second-order valence-electron chi connectivity index (χ2n) is 7.48. The maximum absolute atomic E-state index is 13.1. The summed E-state index contributed by atoms with van der Waals surface area (Å²) in [7, 11) is -4.08. The highest BCUT2D eigenvalue weighted by atomic mass is 32.2. The summed E-state index contributed by atoms with van der Waals surface area (Å²) in [4.78, 5) is 13.7. The number of benzene rings is 2. The Bertz CT molecular complexity index is 1030. The van der Waals surface area contributed by atoms with E-state index in [0.29, 0.717) is 6.07 Å². The largest absolute Gasteiger partial charge is 0.416 e. The number of halogens is 3. The van der Waals surface area contributed by atoms with Crippen molar-refractivity contribution in [2.24, 2.45) is 0 Å². The van der Waals surface area contributed by atoms with E-state index in [0.717, 1.165) is 21.5 Å². The van der Waals surface area contributed by atoms with Crippen LogP contribution in [0.25, 0.3) is 0 Å². The maximum atomic E-state index is 13.1. The maximum Gasteiger partial charge on any atom is 0.416 e. The quantitative estimate of drug-likeness (QED) is 0.732. The zero-order valence-corrected chi connectivity index (χ0v) is 17.6. The molecule has 0 N–H and O–H groups in total.